The van der Waals surface area contributed by atoms with Crippen LogP contribution in [-0.2, 0) is 16.1 Å². The van der Waals surface area contributed by atoms with Crippen molar-refractivity contribution in [1.29, 1.82) is 0 Å². The van der Waals surface area contributed by atoms with Crippen molar-refractivity contribution in [1.82, 2.24) is 0 Å². The van der Waals surface area contributed by atoms with Gasteiger partial charge >= 0.3 is 0 Å². The first-order chi connectivity index (χ1) is 13.6. The summed E-state index contributed by atoms with van der Waals surface area (Å²) in [5.74, 6) is -0.118. The Labute approximate surface area is 167 Å². The Balaban J connectivity index is 1.60. The van der Waals surface area contributed by atoms with Gasteiger partial charge in [0.2, 0.25) is 5.91 Å². The summed E-state index contributed by atoms with van der Waals surface area (Å²) in [5, 5.41) is 4.07. The maximum atomic E-state index is 12.8. The molecule has 28 heavy (non-hydrogen) atoms. The Morgan fingerprint density at radius 1 is 1.29 bits per heavy atom. The number of fused-ring (bicyclic) bond motifs is 1. The van der Waals surface area contributed by atoms with Crippen molar-refractivity contribution in [2.24, 2.45) is 0 Å². The highest BCUT2D eigenvalue weighted by Crippen LogP contribution is 2.32. The number of anilines is 2. The standard InChI is InChI=1S/C21H19ClN2O4/c1-27-12-15-14-5-2-3-6-18(14)28-20(15)21(26)23-13-8-9-17(16(22)11-13)24-10-4-7-19(24)25/h2-3,5-6,8-9,11H,4,7,10,12H2,1H3,(H,23,26). The molecule has 7 heteroatoms. The van der Waals surface area contributed by atoms with E-state index in [4.69, 9.17) is 20.8 Å². The van der Waals surface area contributed by atoms with Gasteiger partial charge in [0.25, 0.3) is 5.91 Å². The predicted molar refractivity (Wildman–Crippen MR) is 108 cm³/mol. The van der Waals surface area contributed by atoms with Gasteiger partial charge < -0.3 is 19.4 Å². The van der Waals surface area contributed by atoms with E-state index in [1.165, 1.54) is 0 Å². The molecule has 3 aromatic rings. The predicted octanol–water partition coefficient (Wildman–Crippen LogP) is 4.61. The third kappa shape index (κ3) is 3.37. The zero-order valence-corrected chi connectivity index (χ0v) is 16.1. The lowest BCUT2D eigenvalue weighted by molar-refractivity contribution is -0.117. The fraction of sp³-hybridized carbons (Fsp3) is 0.238. The van der Waals surface area contributed by atoms with Gasteiger partial charge in [0.05, 0.1) is 17.3 Å². The lowest BCUT2D eigenvalue weighted by Crippen LogP contribution is -2.24. The average Bonchev–Trinajstić information content (AvgIpc) is 3.26. The number of benzene rings is 2. The topological polar surface area (TPSA) is 71.8 Å². The quantitative estimate of drug-likeness (QED) is 0.681. The molecule has 1 fully saturated rings. The fourth-order valence-corrected chi connectivity index (χ4v) is 3.75. The van der Waals surface area contributed by atoms with Crippen molar-refractivity contribution in [3.8, 4) is 0 Å². The van der Waals surface area contributed by atoms with Gasteiger partial charge in [0.1, 0.15) is 5.58 Å². The SMILES string of the molecule is COCc1c(C(=O)Nc2ccc(N3CCCC3=O)c(Cl)c2)oc2ccccc12. The summed E-state index contributed by atoms with van der Waals surface area (Å²) < 4.78 is 11.0. The molecule has 2 aromatic carbocycles. The second-order valence-electron chi connectivity index (χ2n) is 6.61. The number of hydrogen-bond donors (Lipinski definition) is 1. The van der Waals surface area contributed by atoms with Crippen LogP contribution in [0.2, 0.25) is 5.02 Å². The van der Waals surface area contributed by atoms with E-state index >= 15 is 0 Å². The number of carbonyl (C=O) groups is 2. The van der Waals surface area contributed by atoms with Crippen LogP contribution >= 0.6 is 11.6 Å². The van der Waals surface area contributed by atoms with Crippen LogP contribution in [0, 0.1) is 0 Å². The van der Waals surface area contributed by atoms with Crippen molar-refractivity contribution < 1.29 is 18.7 Å². The minimum absolute atomic E-state index is 0.0603. The van der Waals surface area contributed by atoms with E-state index in [1.807, 2.05) is 24.3 Å². The first kappa shape index (κ1) is 18.5. The van der Waals surface area contributed by atoms with Crippen molar-refractivity contribution in [3.63, 3.8) is 0 Å². The van der Waals surface area contributed by atoms with Gasteiger partial charge in [-0.05, 0) is 30.7 Å². The summed E-state index contributed by atoms with van der Waals surface area (Å²) in [4.78, 5) is 26.4. The molecule has 2 amide bonds. The molecule has 1 N–H and O–H groups in total. The molecule has 0 spiro atoms. The Morgan fingerprint density at radius 2 is 2.11 bits per heavy atom. The van der Waals surface area contributed by atoms with Gasteiger partial charge in [-0.3, -0.25) is 9.59 Å². The van der Waals surface area contributed by atoms with Crippen LogP contribution in [0.1, 0.15) is 29.0 Å². The zero-order chi connectivity index (χ0) is 19.7. The number of furan rings is 1. The molecule has 0 aliphatic carbocycles. The number of rotatable bonds is 5. The molecule has 0 bridgehead atoms. The summed E-state index contributed by atoms with van der Waals surface area (Å²) in [7, 11) is 1.57. The van der Waals surface area contributed by atoms with E-state index in [0.717, 1.165) is 11.8 Å². The Bertz CT molecular complexity index is 1060. The summed E-state index contributed by atoms with van der Waals surface area (Å²) in [6, 6.07) is 12.5. The zero-order valence-electron chi connectivity index (χ0n) is 15.3. The molecule has 0 saturated carbocycles. The number of nitrogens with zero attached hydrogens (tertiary/aromatic N) is 1. The van der Waals surface area contributed by atoms with Crippen molar-refractivity contribution in [2.75, 3.05) is 23.9 Å². The van der Waals surface area contributed by atoms with E-state index in [2.05, 4.69) is 5.32 Å². The molecular formula is C21H19ClN2O4. The first-order valence-corrected chi connectivity index (χ1v) is 9.37. The minimum atomic E-state index is -0.385. The van der Waals surface area contributed by atoms with E-state index < -0.39 is 0 Å². The molecule has 1 saturated heterocycles. The van der Waals surface area contributed by atoms with Gasteiger partial charge in [-0.15, -0.1) is 0 Å². The lowest BCUT2D eigenvalue weighted by atomic mass is 10.1. The second-order valence-corrected chi connectivity index (χ2v) is 7.02. The molecule has 1 aliphatic rings. The maximum Gasteiger partial charge on any atom is 0.291 e. The molecule has 1 aromatic heterocycles. The highest BCUT2D eigenvalue weighted by molar-refractivity contribution is 6.34. The van der Waals surface area contributed by atoms with Crippen molar-refractivity contribution >= 4 is 45.8 Å². The molecular weight excluding hydrogens is 380 g/mol. The lowest BCUT2D eigenvalue weighted by Gasteiger charge is -2.18. The Kier molecular flexibility index (Phi) is 5.07. The van der Waals surface area contributed by atoms with Gasteiger partial charge in [0.15, 0.2) is 5.76 Å². The van der Waals surface area contributed by atoms with Crippen LogP contribution < -0.4 is 10.2 Å². The number of para-hydroxylation sites is 1. The van der Waals surface area contributed by atoms with E-state index in [9.17, 15) is 9.59 Å². The van der Waals surface area contributed by atoms with E-state index in [-0.39, 0.29) is 24.2 Å². The summed E-state index contributed by atoms with van der Waals surface area (Å²) in [6.07, 6.45) is 1.35. The number of ether oxygens (including phenoxy) is 1. The van der Waals surface area contributed by atoms with E-state index in [1.54, 1.807) is 30.2 Å². The van der Waals surface area contributed by atoms with Gasteiger partial charge in [-0.1, -0.05) is 29.8 Å². The van der Waals surface area contributed by atoms with Gasteiger partial charge in [-0.25, -0.2) is 0 Å². The number of carbonyl (C=O) groups excluding carboxylic acids is 2. The smallest absolute Gasteiger partial charge is 0.291 e. The molecule has 6 nitrogen and oxygen atoms in total. The number of halogens is 1. The largest absolute Gasteiger partial charge is 0.451 e. The monoisotopic (exact) mass is 398 g/mol. The highest BCUT2D eigenvalue weighted by Gasteiger charge is 2.24. The van der Waals surface area contributed by atoms with Crippen LogP contribution in [0.4, 0.5) is 11.4 Å². The van der Waals surface area contributed by atoms with Crippen LogP contribution in [0.3, 0.4) is 0 Å². The third-order valence-electron chi connectivity index (χ3n) is 4.76. The Morgan fingerprint density at radius 3 is 2.82 bits per heavy atom. The summed E-state index contributed by atoms with van der Waals surface area (Å²) in [6.45, 7) is 0.917. The van der Waals surface area contributed by atoms with Crippen LogP contribution in [0.25, 0.3) is 11.0 Å². The number of nitrogens with one attached hydrogen (secondary N) is 1. The fourth-order valence-electron chi connectivity index (χ4n) is 3.46. The van der Waals surface area contributed by atoms with Gasteiger partial charge in [-0.2, -0.15) is 0 Å². The van der Waals surface area contributed by atoms with Gasteiger partial charge in [0, 0.05) is 36.7 Å². The Hall–Kier alpha value is -2.83. The summed E-state index contributed by atoms with van der Waals surface area (Å²) in [5.41, 5.74) is 2.50. The molecule has 1 aliphatic heterocycles. The molecule has 4 rings (SSSR count). The minimum Gasteiger partial charge on any atom is -0.451 e. The normalized spacial score (nSPS) is 14.1. The van der Waals surface area contributed by atoms with Crippen molar-refractivity contribution in [3.05, 3.63) is 58.8 Å². The molecule has 0 radical (unpaired) electrons. The number of hydrogen-bond acceptors (Lipinski definition) is 4. The highest BCUT2D eigenvalue weighted by atomic mass is 35.5. The van der Waals surface area contributed by atoms with Crippen LogP contribution in [0.5, 0.6) is 0 Å². The van der Waals surface area contributed by atoms with Crippen LogP contribution in [0.15, 0.2) is 46.9 Å². The molecule has 0 atom stereocenters. The summed E-state index contributed by atoms with van der Waals surface area (Å²) >= 11 is 6.36. The van der Waals surface area contributed by atoms with Crippen molar-refractivity contribution in [2.45, 2.75) is 19.4 Å². The number of amides is 2. The van der Waals surface area contributed by atoms with E-state index in [0.29, 0.717) is 40.5 Å². The van der Waals surface area contributed by atoms with Crippen LogP contribution in [-0.4, -0.2) is 25.5 Å². The molecule has 0 unspecified atom stereocenters. The average molecular weight is 399 g/mol. The maximum absolute atomic E-state index is 12.8. The number of methoxy groups -OCH3 is 1. The third-order valence-corrected chi connectivity index (χ3v) is 5.07. The molecule has 2 heterocycles. The first-order valence-electron chi connectivity index (χ1n) is 8.99. The molecule has 144 valence electrons. The second kappa shape index (κ2) is 7.66.